The van der Waals surface area contributed by atoms with Crippen LogP contribution in [0.25, 0.3) is 0 Å². The molecule has 1 nitrogen and oxygen atoms in total. The molecule has 2 bridgehead atoms. The fraction of sp³-hybridized carbons (Fsp3) is 0.688. The van der Waals surface area contributed by atoms with Crippen LogP contribution in [0, 0.1) is 17.8 Å². The third-order valence-electron chi connectivity index (χ3n) is 4.83. The van der Waals surface area contributed by atoms with Crippen LogP contribution in [0.4, 0.5) is 0 Å². The Morgan fingerprint density at radius 2 is 2.28 bits per heavy atom. The molecule has 3 rings (SSSR count). The van der Waals surface area contributed by atoms with Crippen molar-refractivity contribution in [3.8, 4) is 0 Å². The molecule has 0 saturated heterocycles. The smallest absolute Gasteiger partial charge is 0.133 e. The van der Waals surface area contributed by atoms with Crippen LogP contribution in [0.3, 0.4) is 0 Å². The lowest BCUT2D eigenvalue weighted by atomic mass is 9.84. The first kappa shape index (κ1) is 12.4. The Morgan fingerprint density at radius 3 is 2.94 bits per heavy atom. The van der Waals surface area contributed by atoms with Gasteiger partial charge in [-0.15, -0.1) is 11.3 Å². The van der Waals surface area contributed by atoms with E-state index in [9.17, 15) is 4.79 Å². The van der Waals surface area contributed by atoms with E-state index in [0.29, 0.717) is 5.78 Å². The summed E-state index contributed by atoms with van der Waals surface area (Å²) in [5, 5.41) is 2.12. The van der Waals surface area contributed by atoms with Gasteiger partial charge in [-0.25, -0.2) is 0 Å². The molecule has 2 aliphatic rings. The lowest BCUT2D eigenvalue weighted by molar-refractivity contribution is -0.120. The molecule has 3 atom stereocenters. The fourth-order valence-electron chi connectivity index (χ4n) is 3.94. The summed E-state index contributed by atoms with van der Waals surface area (Å²) in [7, 11) is 0. The molecule has 0 aliphatic heterocycles. The second kappa shape index (κ2) is 5.56. The molecule has 18 heavy (non-hydrogen) atoms. The molecule has 1 aromatic rings. The molecule has 0 aromatic carbocycles. The van der Waals surface area contributed by atoms with Gasteiger partial charge in [0.25, 0.3) is 0 Å². The van der Waals surface area contributed by atoms with Gasteiger partial charge in [0.15, 0.2) is 0 Å². The van der Waals surface area contributed by atoms with Crippen molar-refractivity contribution < 1.29 is 4.79 Å². The van der Waals surface area contributed by atoms with Crippen LogP contribution in [0.5, 0.6) is 0 Å². The Morgan fingerprint density at radius 1 is 1.33 bits per heavy atom. The first-order valence-electron chi connectivity index (χ1n) is 7.35. The summed E-state index contributed by atoms with van der Waals surface area (Å²) in [6.07, 6.45) is 9.41. The Labute approximate surface area is 114 Å². The van der Waals surface area contributed by atoms with Crippen molar-refractivity contribution in [2.45, 2.75) is 51.4 Å². The zero-order valence-corrected chi connectivity index (χ0v) is 11.8. The van der Waals surface area contributed by atoms with Crippen LogP contribution in [0.1, 0.15) is 49.8 Å². The van der Waals surface area contributed by atoms with Gasteiger partial charge in [-0.1, -0.05) is 12.5 Å². The maximum Gasteiger partial charge on any atom is 0.133 e. The van der Waals surface area contributed by atoms with Gasteiger partial charge in [-0.3, -0.25) is 4.79 Å². The molecule has 1 heterocycles. The van der Waals surface area contributed by atoms with E-state index in [2.05, 4.69) is 17.5 Å². The molecule has 2 fully saturated rings. The standard InChI is InChI=1S/C16H22OS/c17-15(3-1-4-16-5-2-8-18-16)11-14-10-12-6-7-13(14)9-12/h2,5,8,12-14H,1,3-4,6-7,9-11H2. The van der Waals surface area contributed by atoms with E-state index in [1.165, 1.54) is 30.6 Å². The van der Waals surface area contributed by atoms with Crippen molar-refractivity contribution in [2.24, 2.45) is 17.8 Å². The zero-order chi connectivity index (χ0) is 12.4. The van der Waals surface area contributed by atoms with Crippen LogP contribution in [-0.2, 0) is 11.2 Å². The molecular formula is C16H22OS. The minimum atomic E-state index is 0.518. The zero-order valence-electron chi connectivity index (χ0n) is 10.9. The number of hydrogen-bond donors (Lipinski definition) is 0. The highest BCUT2D eigenvalue weighted by Gasteiger charge is 2.39. The third kappa shape index (κ3) is 2.85. The number of carbonyl (C=O) groups is 1. The lowest BCUT2D eigenvalue weighted by Gasteiger charge is -2.20. The highest BCUT2D eigenvalue weighted by molar-refractivity contribution is 7.09. The van der Waals surface area contributed by atoms with Crippen molar-refractivity contribution in [3.05, 3.63) is 22.4 Å². The average molecular weight is 262 g/mol. The maximum atomic E-state index is 12.0. The monoisotopic (exact) mass is 262 g/mol. The van der Waals surface area contributed by atoms with Crippen LogP contribution in [-0.4, -0.2) is 5.78 Å². The predicted molar refractivity (Wildman–Crippen MR) is 75.8 cm³/mol. The summed E-state index contributed by atoms with van der Waals surface area (Å²) >= 11 is 1.81. The highest BCUT2D eigenvalue weighted by atomic mass is 32.1. The van der Waals surface area contributed by atoms with E-state index in [4.69, 9.17) is 0 Å². The Bertz CT molecular complexity index is 395. The van der Waals surface area contributed by atoms with Gasteiger partial charge in [0, 0.05) is 17.7 Å². The van der Waals surface area contributed by atoms with E-state index in [0.717, 1.165) is 43.4 Å². The van der Waals surface area contributed by atoms with Crippen molar-refractivity contribution in [1.29, 1.82) is 0 Å². The number of carbonyl (C=O) groups excluding carboxylic acids is 1. The largest absolute Gasteiger partial charge is 0.300 e. The van der Waals surface area contributed by atoms with Gasteiger partial charge in [0.1, 0.15) is 5.78 Å². The van der Waals surface area contributed by atoms with Gasteiger partial charge in [-0.2, -0.15) is 0 Å². The Kier molecular flexibility index (Phi) is 3.83. The van der Waals surface area contributed by atoms with Crippen LogP contribution < -0.4 is 0 Å². The first-order chi connectivity index (χ1) is 8.81. The van der Waals surface area contributed by atoms with Crippen molar-refractivity contribution >= 4 is 17.1 Å². The van der Waals surface area contributed by atoms with E-state index in [1.807, 2.05) is 0 Å². The number of rotatable bonds is 6. The average Bonchev–Trinajstić information content (AvgIpc) is 3.04. The molecule has 2 saturated carbocycles. The molecule has 2 aliphatic carbocycles. The Hall–Kier alpha value is -0.630. The summed E-state index contributed by atoms with van der Waals surface area (Å²) in [4.78, 5) is 13.4. The van der Waals surface area contributed by atoms with Crippen LogP contribution in [0.15, 0.2) is 17.5 Å². The topological polar surface area (TPSA) is 17.1 Å². The number of thiophene rings is 1. The second-order valence-electron chi connectivity index (χ2n) is 6.11. The molecule has 3 unspecified atom stereocenters. The summed E-state index contributed by atoms with van der Waals surface area (Å²) < 4.78 is 0. The number of fused-ring (bicyclic) bond motifs is 2. The maximum absolute atomic E-state index is 12.0. The molecule has 98 valence electrons. The number of aryl methyl sites for hydroxylation is 1. The van der Waals surface area contributed by atoms with E-state index in [1.54, 1.807) is 11.3 Å². The minimum absolute atomic E-state index is 0.518. The van der Waals surface area contributed by atoms with E-state index >= 15 is 0 Å². The van der Waals surface area contributed by atoms with Gasteiger partial charge < -0.3 is 0 Å². The second-order valence-corrected chi connectivity index (χ2v) is 7.14. The molecule has 0 amide bonds. The SMILES string of the molecule is O=C(CCCc1cccs1)CC1CC2CCC1C2. The Balaban J connectivity index is 1.37. The molecule has 0 spiro atoms. The van der Waals surface area contributed by atoms with Gasteiger partial charge in [0.2, 0.25) is 0 Å². The molecule has 2 heteroatoms. The minimum Gasteiger partial charge on any atom is -0.300 e. The van der Waals surface area contributed by atoms with Gasteiger partial charge in [0.05, 0.1) is 0 Å². The highest BCUT2D eigenvalue weighted by Crippen LogP contribution is 2.49. The first-order valence-corrected chi connectivity index (χ1v) is 8.23. The van der Waals surface area contributed by atoms with Crippen molar-refractivity contribution in [3.63, 3.8) is 0 Å². The predicted octanol–water partition coefficient (Wildman–Crippen LogP) is 4.47. The molecule has 1 aromatic heterocycles. The van der Waals surface area contributed by atoms with Gasteiger partial charge in [-0.05, 0) is 61.3 Å². The summed E-state index contributed by atoms with van der Waals surface area (Å²) in [6.45, 7) is 0. The summed E-state index contributed by atoms with van der Waals surface area (Å²) in [5.41, 5.74) is 0. The molecule has 0 radical (unpaired) electrons. The van der Waals surface area contributed by atoms with Crippen LogP contribution >= 0.6 is 11.3 Å². The third-order valence-corrected chi connectivity index (χ3v) is 5.77. The molecular weight excluding hydrogens is 240 g/mol. The number of Topliss-reactive ketones (excluding diaryl/α,β-unsaturated/α-hetero) is 1. The van der Waals surface area contributed by atoms with Crippen molar-refractivity contribution in [1.82, 2.24) is 0 Å². The fourth-order valence-corrected chi connectivity index (χ4v) is 4.69. The molecule has 0 N–H and O–H groups in total. The summed E-state index contributed by atoms with van der Waals surface area (Å²) in [5.74, 6) is 3.14. The quantitative estimate of drug-likeness (QED) is 0.739. The van der Waals surface area contributed by atoms with Crippen LogP contribution in [0.2, 0.25) is 0 Å². The van der Waals surface area contributed by atoms with Gasteiger partial charge >= 0.3 is 0 Å². The number of hydrogen-bond acceptors (Lipinski definition) is 2. The van der Waals surface area contributed by atoms with Crippen molar-refractivity contribution in [2.75, 3.05) is 0 Å². The number of ketones is 1. The van der Waals surface area contributed by atoms with E-state index in [-0.39, 0.29) is 0 Å². The normalized spacial score (nSPS) is 29.9. The summed E-state index contributed by atoms with van der Waals surface area (Å²) in [6, 6.07) is 4.27. The van der Waals surface area contributed by atoms with E-state index < -0.39 is 0 Å². The lowest BCUT2D eigenvalue weighted by Crippen LogP contribution is -2.15.